The van der Waals surface area contributed by atoms with Gasteiger partial charge in [-0.05, 0) is 61.4 Å². The molecule has 0 radical (unpaired) electrons. The van der Waals surface area contributed by atoms with Crippen LogP contribution in [0.4, 0.5) is 23.4 Å². The van der Waals surface area contributed by atoms with Crippen LogP contribution in [0, 0.1) is 5.82 Å². The third kappa shape index (κ3) is 7.32. The fourth-order valence-electron chi connectivity index (χ4n) is 6.08. The first kappa shape index (κ1) is 34.8. The molecule has 10 nitrogen and oxygen atoms in total. The van der Waals surface area contributed by atoms with E-state index in [1.54, 1.807) is 16.5 Å². The predicted molar refractivity (Wildman–Crippen MR) is 170 cm³/mol. The Kier molecular flexibility index (Phi) is 10.4. The van der Waals surface area contributed by atoms with E-state index in [1.807, 2.05) is 30.3 Å². The number of rotatable bonds is 8. The lowest BCUT2D eigenvalue weighted by Crippen LogP contribution is -2.55. The van der Waals surface area contributed by atoms with Crippen LogP contribution >= 0.6 is 0 Å². The van der Waals surface area contributed by atoms with Gasteiger partial charge >= 0.3 is 6.18 Å². The zero-order valence-corrected chi connectivity index (χ0v) is 26.6. The fraction of sp³-hybridized carbons (Fsp3) is 0.286. The maximum atomic E-state index is 14.3. The smallest absolute Gasteiger partial charge is 0.416 e. The van der Waals surface area contributed by atoms with Crippen LogP contribution in [0.25, 0.3) is 5.69 Å². The minimum absolute atomic E-state index is 0.0371. The normalized spacial score (nSPS) is 17.3. The maximum Gasteiger partial charge on any atom is 0.416 e. The van der Waals surface area contributed by atoms with Crippen molar-refractivity contribution in [2.45, 2.75) is 44.4 Å². The topological polar surface area (TPSA) is 114 Å². The Morgan fingerprint density at radius 1 is 1.04 bits per heavy atom. The monoisotopic (exact) mass is 679 g/mol. The first-order chi connectivity index (χ1) is 23.5. The van der Waals surface area contributed by atoms with Crippen molar-refractivity contribution in [3.05, 3.63) is 113 Å². The minimum Gasteiger partial charge on any atom is -0.471 e. The number of para-hydroxylation sites is 1. The van der Waals surface area contributed by atoms with E-state index in [9.17, 15) is 31.9 Å². The average Bonchev–Trinajstić information content (AvgIpc) is 3.68. The Labute approximate surface area is 279 Å². The molecule has 2 atom stereocenters. The van der Waals surface area contributed by atoms with Crippen LogP contribution in [0.1, 0.15) is 58.4 Å². The average molecular weight is 680 g/mol. The number of carbonyl (C=O) groups excluding carboxylic acids is 4. The van der Waals surface area contributed by atoms with E-state index in [4.69, 9.17) is 9.89 Å². The Balaban J connectivity index is 0.00000111. The molecule has 0 spiro atoms. The minimum atomic E-state index is -4.67. The third-order valence-corrected chi connectivity index (χ3v) is 8.30. The molecule has 2 unspecified atom stereocenters. The Hall–Kier alpha value is -5.53. The molecule has 0 saturated carbocycles. The molecule has 49 heavy (non-hydrogen) atoms. The van der Waals surface area contributed by atoms with E-state index in [0.29, 0.717) is 54.2 Å². The molecule has 1 saturated heterocycles. The van der Waals surface area contributed by atoms with Crippen LogP contribution in [-0.4, -0.2) is 65.1 Å². The number of fused-ring (bicyclic) bond motifs is 1. The van der Waals surface area contributed by atoms with Gasteiger partial charge in [-0.15, -0.1) is 0 Å². The number of benzene rings is 3. The van der Waals surface area contributed by atoms with E-state index in [1.165, 1.54) is 42.3 Å². The predicted octanol–water partition coefficient (Wildman–Crippen LogP) is 5.24. The Morgan fingerprint density at radius 2 is 1.73 bits per heavy atom. The highest BCUT2D eigenvalue weighted by Crippen LogP contribution is 2.44. The molecule has 3 amide bonds. The second-order valence-corrected chi connectivity index (χ2v) is 11.3. The van der Waals surface area contributed by atoms with Gasteiger partial charge in [-0.1, -0.05) is 36.4 Å². The Bertz CT molecular complexity index is 1830. The quantitative estimate of drug-likeness (QED) is 0.202. The van der Waals surface area contributed by atoms with Gasteiger partial charge in [0, 0.05) is 36.6 Å². The van der Waals surface area contributed by atoms with Gasteiger partial charge in [0.15, 0.2) is 0 Å². The van der Waals surface area contributed by atoms with E-state index in [0.717, 1.165) is 18.2 Å². The number of carbonyl (C=O) groups is 4. The summed E-state index contributed by atoms with van der Waals surface area (Å²) in [6, 6.07) is 17.3. The molecule has 3 heterocycles. The second kappa shape index (κ2) is 14.7. The molecule has 0 aliphatic carbocycles. The number of likely N-dealkylation sites (N-methyl/N-ethyl adjacent to an activating group) is 1. The summed E-state index contributed by atoms with van der Waals surface area (Å²) in [7, 11) is 1.31. The maximum absolute atomic E-state index is 14.3. The highest BCUT2D eigenvalue weighted by atomic mass is 19.4. The molecule has 4 aromatic rings. The molecule has 3 aromatic carbocycles. The third-order valence-electron chi connectivity index (χ3n) is 8.30. The van der Waals surface area contributed by atoms with Crippen LogP contribution in [0.5, 0.6) is 0 Å². The summed E-state index contributed by atoms with van der Waals surface area (Å²) in [5.74, 6) is -2.41. The van der Waals surface area contributed by atoms with Gasteiger partial charge in [0.1, 0.15) is 17.7 Å². The van der Waals surface area contributed by atoms with Gasteiger partial charge in [-0.3, -0.25) is 24.1 Å². The number of ether oxygens (including phenoxy) is 1. The lowest BCUT2D eigenvalue weighted by Gasteiger charge is -2.38. The molecule has 6 rings (SSSR count). The number of methoxy groups -OCH3 is 1. The lowest BCUT2D eigenvalue weighted by molar-refractivity contribution is -0.137. The van der Waals surface area contributed by atoms with Crippen molar-refractivity contribution in [3.63, 3.8) is 0 Å². The molecule has 14 heteroatoms. The summed E-state index contributed by atoms with van der Waals surface area (Å²) in [6.07, 6.45) is -3.58. The number of nitrogens with one attached hydrogen (secondary N) is 1. The molecule has 2 aliphatic rings. The van der Waals surface area contributed by atoms with Crippen LogP contribution in [0.3, 0.4) is 0 Å². The first-order valence-corrected chi connectivity index (χ1v) is 15.4. The van der Waals surface area contributed by atoms with E-state index < -0.39 is 41.3 Å². The standard InChI is InChI=1S/C33H29F4N5O3.C2H4O2/c1-2-41-31-28(25(19-40-17-7-12-26(40)43)39-42(31)24-10-4-3-5-11-24)27(20-13-15-23(34)16-14-20)29(32(41)45)38-30(44)21-8-6-9-22(18-21)33(35,36)37;1-4-2-3/h3-6,8-11,13-16,18,27,29H,2,7,12,17,19H2,1H3,(H,38,44);2H,1H3. The number of hydrogen-bond donors (Lipinski definition) is 1. The van der Waals surface area contributed by atoms with Crippen molar-refractivity contribution in [1.29, 1.82) is 0 Å². The van der Waals surface area contributed by atoms with Crippen LogP contribution < -0.4 is 10.2 Å². The summed E-state index contributed by atoms with van der Waals surface area (Å²) in [6.45, 7) is 2.98. The highest BCUT2D eigenvalue weighted by molar-refractivity contribution is 6.05. The van der Waals surface area contributed by atoms with Crippen molar-refractivity contribution in [3.8, 4) is 5.69 Å². The van der Waals surface area contributed by atoms with Crippen molar-refractivity contribution >= 4 is 30.0 Å². The van der Waals surface area contributed by atoms with Gasteiger partial charge in [-0.25, -0.2) is 9.07 Å². The van der Waals surface area contributed by atoms with Crippen molar-refractivity contribution in [1.82, 2.24) is 20.0 Å². The van der Waals surface area contributed by atoms with Gasteiger partial charge in [0.05, 0.1) is 30.6 Å². The van der Waals surface area contributed by atoms with Gasteiger partial charge in [0.2, 0.25) is 5.91 Å². The fourth-order valence-corrected chi connectivity index (χ4v) is 6.08. The molecule has 1 fully saturated rings. The molecule has 1 N–H and O–H groups in total. The summed E-state index contributed by atoms with van der Waals surface area (Å²) in [5.41, 5.74) is 0.913. The largest absolute Gasteiger partial charge is 0.471 e. The number of likely N-dealkylation sites (tertiary alicyclic amines) is 1. The number of nitrogens with zero attached hydrogens (tertiary/aromatic N) is 4. The van der Waals surface area contributed by atoms with Crippen LogP contribution in [-0.2, 0) is 31.8 Å². The number of amides is 3. The molecular weight excluding hydrogens is 646 g/mol. The van der Waals surface area contributed by atoms with Crippen LogP contribution in [0.2, 0.25) is 0 Å². The van der Waals surface area contributed by atoms with Gasteiger partial charge in [-0.2, -0.15) is 18.3 Å². The highest BCUT2D eigenvalue weighted by Gasteiger charge is 2.46. The summed E-state index contributed by atoms with van der Waals surface area (Å²) in [5, 5.41) is 7.62. The number of alkyl halides is 3. The molecular formula is C35H33F4N5O5. The summed E-state index contributed by atoms with van der Waals surface area (Å²) < 4.78 is 60.0. The number of anilines is 1. The summed E-state index contributed by atoms with van der Waals surface area (Å²) in [4.78, 5) is 52.6. The van der Waals surface area contributed by atoms with E-state index >= 15 is 0 Å². The van der Waals surface area contributed by atoms with E-state index in [2.05, 4.69) is 10.1 Å². The number of aromatic nitrogens is 2. The second-order valence-electron chi connectivity index (χ2n) is 11.3. The first-order valence-electron chi connectivity index (χ1n) is 15.4. The molecule has 1 aromatic heterocycles. The Morgan fingerprint density at radius 3 is 2.33 bits per heavy atom. The zero-order valence-electron chi connectivity index (χ0n) is 26.6. The van der Waals surface area contributed by atoms with E-state index in [-0.39, 0.29) is 24.6 Å². The van der Waals surface area contributed by atoms with Crippen molar-refractivity contribution < 1.29 is 41.5 Å². The lowest BCUT2D eigenvalue weighted by atomic mass is 9.80. The number of hydrogen-bond acceptors (Lipinski definition) is 6. The molecule has 0 bridgehead atoms. The van der Waals surface area contributed by atoms with Crippen molar-refractivity contribution in [2.75, 3.05) is 25.1 Å². The van der Waals surface area contributed by atoms with Crippen molar-refractivity contribution in [2.24, 2.45) is 0 Å². The zero-order chi connectivity index (χ0) is 35.3. The van der Waals surface area contributed by atoms with Crippen LogP contribution in [0.15, 0.2) is 78.9 Å². The number of halogens is 4. The van der Waals surface area contributed by atoms with Gasteiger partial charge < -0.3 is 15.0 Å². The SMILES string of the molecule is CCN1C(=O)C(NC(=O)c2cccc(C(F)(F)F)c2)C(c2ccc(F)cc2)c2c(CN3CCCC3=O)nn(-c3ccccc3)c21.COC=O. The molecule has 256 valence electrons. The summed E-state index contributed by atoms with van der Waals surface area (Å²) >= 11 is 0. The van der Waals surface area contributed by atoms with Gasteiger partial charge in [0.25, 0.3) is 18.3 Å². The molecule has 2 aliphatic heterocycles.